The molecule has 4 unspecified atom stereocenters. The van der Waals surface area contributed by atoms with Crippen LogP contribution in [0.2, 0.25) is 0 Å². The van der Waals surface area contributed by atoms with Gasteiger partial charge in [-0.1, -0.05) is 70.2 Å². The maximum atomic E-state index is 14.3. The summed E-state index contributed by atoms with van der Waals surface area (Å²) in [5.74, 6) is 2.09. The Bertz CT molecular complexity index is 1290. The van der Waals surface area contributed by atoms with Crippen LogP contribution in [0.25, 0.3) is 0 Å². The maximum absolute atomic E-state index is 14.3. The first-order chi connectivity index (χ1) is 20.7. The van der Waals surface area contributed by atoms with E-state index in [0.717, 1.165) is 63.4 Å². The van der Waals surface area contributed by atoms with E-state index in [1.165, 1.54) is 18.9 Å². The summed E-state index contributed by atoms with van der Waals surface area (Å²) in [6.07, 6.45) is 9.94. The van der Waals surface area contributed by atoms with Gasteiger partial charge in [0.1, 0.15) is 0 Å². The predicted octanol–water partition coefficient (Wildman–Crippen LogP) is 7.86. The molecule has 0 radical (unpaired) electrons. The van der Waals surface area contributed by atoms with E-state index >= 15 is 0 Å². The molecule has 5 aliphatic rings. The fourth-order valence-corrected chi connectivity index (χ4v) is 12.8. The van der Waals surface area contributed by atoms with Gasteiger partial charge in [0.25, 0.3) is 0 Å². The van der Waals surface area contributed by atoms with Crippen LogP contribution in [0.1, 0.15) is 111 Å². The molecule has 2 N–H and O–H groups in total. The number of aliphatic hydroxyl groups is 1. The van der Waals surface area contributed by atoms with Gasteiger partial charge >= 0.3 is 5.97 Å². The predicted molar refractivity (Wildman–Crippen MR) is 174 cm³/mol. The minimum absolute atomic E-state index is 0.0835. The molecule has 5 nitrogen and oxygen atoms in total. The van der Waals surface area contributed by atoms with Crippen molar-refractivity contribution in [3.63, 3.8) is 0 Å². The number of ether oxygens (including phenoxy) is 1. The molecule has 242 valence electrons. The number of rotatable bonds is 6. The standard InChI is InChI=1S/C39H57NO4/c1-25(2)28-15-20-39(34(43)40-23-27-11-9-8-10-12-27)22-21-37(6)29(33(28)39)13-14-31-35(4)18-17-32(42)36(5,24-44-26(3)41)30(35)16-19-38(31,37)7/h8-12,28-33,42H,1,13-24H2,2-7H3,(H,40,43)/t28-,29?,30?,31?,32-,33?,35-,36-,37+,38+,39-/m0/s1. The number of carbonyl (C=O) groups is 2. The maximum Gasteiger partial charge on any atom is 0.302 e. The fourth-order valence-electron chi connectivity index (χ4n) is 12.8. The number of fused-ring (bicyclic) bond motifs is 7. The van der Waals surface area contributed by atoms with Gasteiger partial charge in [-0.15, -0.1) is 0 Å². The Kier molecular flexibility index (Phi) is 7.95. The van der Waals surface area contributed by atoms with E-state index in [1.54, 1.807) is 0 Å². The molecule has 0 aliphatic heterocycles. The van der Waals surface area contributed by atoms with Crippen LogP contribution in [0.5, 0.6) is 0 Å². The second-order valence-electron chi connectivity index (χ2n) is 16.9. The molecule has 0 bridgehead atoms. The normalized spacial score (nSPS) is 46.1. The molecule has 11 atom stereocenters. The minimum Gasteiger partial charge on any atom is -0.465 e. The Morgan fingerprint density at radius 1 is 0.886 bits per heavy atom. The SMILES string of the molecule is C=C(C)[C@@H]1CC[C@]2(C(=O)NCc3ccccc3)CC[C@]3(C)C(CCC4[C@@]5(C)CC[C@H](O)[C@@](C)(COC(C)=O)C5CC[C@]43C)C12. The summed E-state index contributed by atoms with van der Waals surface area (Å²) in [5, 5.41) is 14.7. The number of carbonyl (C=O) groups excluding carboxylic acids is 2. The number of nitrogens with one attached hydrogen (secondary N) is 1. The number of allylic oxidation sites excluding steroid dienone is 1. The number of aliphatic hydroxyl groups excluding tert-OH is 1. The topological polar surface area (TPSA) is 75.6 Å². The number of benzene rings is 1. The summed E-state index contributed by atoms with van der Waals surface area (Å²) in [7, 11) is 0. The van der Waals surface area contributed by atoms with E-state index in [-0.39, 0.29) is 33.5 Å². The lowest BCUT2D eigenvalue weighted by atomic mass is 9.32. The Morgan fingerprint density at radius 2 is 1.61 bits per heavy atom. The van der Waals surface area contributed by atoms with Crippen LogP contribution in [0.4, 0.5) is 0 Å². The smallest absolute Gasteiger partial charge is 0.302 e. The number of hydrogen-bond donors (Lipinski definition) is 2. The van der Waals surface area contributed by atoms with Crippen molar-refractivity contribution in [2.45, 2.75) is 118 Å². The van der Waals surface area contributed by atoms with Crippen molar-refractivity contribution in [1.82, 2.24) is 5.32 Å². The second kappa shape index (κ2) is 11.0. The zero-order valence-corrected chi connectivity index (χ0v) is 28.2. The minimum atomic E-state index is -0.448. The highest BCUT2D eigenvalue weighted by atomic mass is 16.5. The van der Waals surface area contributed by atoms with E-state index in [9.17, 15) is 14.7 Å². The number of amides is 1. The molecule has 0 saturated heterocycles. The summed E-state index contributed by atoms with van der Waals surface area (Å²) in [6.45, 7) is 19.0. The highest BCUT2D eigenvalue weighted by molar-refractivity contribution is 5.84. The zero-order chi connectivity index (χ0) is 31.7. The van der Waals surface area contributed by atoms with Gasteiger partial charge in [-0.05, 0) is 123 Å². The Hall–Kier alpha value is -2.14. The van der Waals surface area contributed by atoms with Crippen molar-refractivity contribution >= 4 is 11.9 Å². The van der Waals surface area contributed by atoms with E-state index < -0.39 is 11.5 Å². The lowest BCUT2D eigenvalue weighted by Crippen LogP contribution is -2.68. The molecule has 6 rings (SSSR count). The molecule has 5 fully saturated rings. The van der Waals surface area contributed by atoms with Crippen molar-refractivity contribution in [2.75, 3.05) is 6.61 Å². The van der Waals surface area contributed by atoms with E-state index in [0.29, 0.717) is 42.7 Å². The first kappa shape index (κ1) is 31.8. The van der Waals surface area contributed by atoms with Crippen molar-refractivity contribution < 1.29 is 19.4 Å². The van der Waals surface area contributed by atoms with Gasteiger partial charge in [0.15, 0.2) is 0 Å². The fraction of sp³-hybridized carbons (Fsp3) is 0.744. The van der Waals surface area contributed by atoms with Gasteiger partial charge in [-0.2, -0.15) is 0 Å². The molecule has 1 aromatic carbocycles. The van der Waals surface area contributed by atoms with E-state index in [1.807, 2.05) is 18.2 Å². The van der Waals surface area contributed by atoms with Gasteiger partial charge in [-0.3, -0.25) is 9.59 Å². The first-order valence-corrected chi connectivity index (χ1v) is 17.5. The number of hydrogen-bond acceptors (Lipinski definition) is 4. The Balaban J connectivity index is 1.32. The second-order valence-corrected chi connectivity index (χ2v) is 16.9. The zero-order valence-electron chi connectivity index (χ0n) is 28.2. The molecule has 44 heavy (non-hydrogen) atoms. The van der Waals surface area contributed by atoms with Crippen LogP contribution in [-0.2, 0) is 20.9 Å². The molecule has 0 heterocycles. The van der Waals surface area contributed by atoms with Crippen LogP contribution in [-0.4, -0.2) is 29.7 Å². The van der Waals surface area contributed by atoms with Gasteiger partial charge in [0, 0.05) is 18.9 Å². The monoisotopic (exact) mass is 603 g/mol. The molecule has 5 aliphatic carbocycles. The third-order valence-corrected chi connectivity index (χ3v) is 15.2. The highest BCUT2D eigenvalue weighted by Crippen LogP contribution is 2.77. The van der Waals surface area contributed by atoms with Crippen molar-refractivity contribution in [3.05, 3.63) is 48.0 Å². The van der Waals surface area contributed by atoms with Gasteiger partial charge in [-0.25, -0.2) is 0 Å². The van der Waals surface area contributed by atoms with Crippen molar-refractivity contribution in [1.29, 1.82) is 0 Å². The van der Waals surface area contributed by atoms with Gasteiger partial charge in [0.2, 0.25) is 5.91 Å². The average molecular weight is 604 g/mol. The Morgan fingerprint density at radius 3 is 2.30 bits per heavy atom. The third kappa shape index (κ3) is 4.48. The molecule has 0 aromatic heterocycles. The summed E-state index contributed by atoms with van der Waals surface area (Å²) >= 11 is 0. The summed E-state index contributed by atoms with van der Waals surface area (Å²) in [4.78, 5) is 26.2. The van der Waals surface area contributed by atoms with E-state index in [4.69, 9.17) is 4.74 Å². The van der Waals surface area contributed by atoms with Crippen molar-refractivity contribution in [2.24, 2.45) is 56.7 Å². The molecule has 1 amide bonds. The quantitative estimate of drug-likeness (QED) is 0.256. The van der Waals surface area contributed by atoms with Crippen LogP contribution >= 0.6 is 0 Å². The van der Waals surface area contributed by atoms with Crippen LogP contribution < -0.4 is 5.32 Å². The summed E-state index contributed by atoms with van der Waals surface area (Å²) in [5.41, 5.74) is 2.04. The summed E-state index contributed by atoms with van der Waals surface area (Å²) < 4.78 is 5.63. The van der Waals surface area contributed by atoms with Gasteiger partial charge in [0.05, 0.1) is 18.1 Å². The lowest BCUT2D eigenvalue weighted by Gasteiger charge is -2.73. The first-order valence-electron chi connectivity index (χ1n) is 17.5. The summed E-state index contributed by atoms with van der Waals surface area (Å²) in [6, 6.07) is 10.3. The molecule has 0 spiro atoms. The van der Waals surface area contributed by atoms with Crippen LogP contribution in [0.3, 0.4) is 0 Å². The van der Waals surface area contributed by atoms with Crippen LogP contribution in [0, 0.1) is 56.7 Å². The van der Waals surface area contributed by atoms with E-state index in [2.05, 4.69) is 58.6 Å². The average Bonchev–Trinajstić information content (AvgIpc) is 3.39. The number of esters is 1. The molecule has 1 aromatic rings. The van der Waals surface area contributed by atoms with Crippen LogP contribution in [0.15, 0.2) is 42.5 Å². The largest absolute Gasteiger partial charge is 0.465 e. The molecule has 5 heteroatoms. The lowest BCUT2D eigenvalue weighted by molar-refractivity contribution is -0.254. The molecule has 5 saturated carbocycles. The van der Waals surface area contributed by atoms with Gasteiger partial charge < -0.3 is 15.2 Å². The highest BCUT2D eigenvalue weighted by Gasteiger charge is 2.72. The molecular formula is C39H57NO4. The molecular weight excluding hydrogens is 546 g/mol. The van der Waals surface area contributed by atoms with Crippen molar-refractivity contribution in [3.8, 4) is 0 Å². The third-order valence-electron chi connectivity index (χ3n) is 15.2. The Labute approximate surface area is 266 Å².